The van der Waals surface area contributed by atoms with Crippen molar-refractivity contribution in [3.63, 3.8) is 0 Å². The van der Waals surface area contributed by atoms with Gasteiger partial charge in [-0.1, -0.05) is 118 Å². The molecule has 1 atom stereocenters. The van der Waals surface area contributed by atoms with Crippen molar-refractivity contribution in [2.45, 2.75) is 143 Å². The Labute approximate surface area is 171 Å². The van der Waals surface area contributed by atoms with E-state index in [0.717, 1.165) is 6.42 Å². The van der Waals surface area contributed by atoms with Gasteiger partial charge < -0.3 is 4.74 Å². The van der Waals surface area contributed by atoms with Gasteiger partial charge in [0.25, 0.3) is 0 Å². The number of hydrogen-bond donors (Lipinski definition) is 0. The standard InChI is InChI=1S/C25H50O2/c1-5-8-10-12-14-15-17-19-22-25(4,23-27-24(26)20-7-3)21-18-16-13-11-9-6-2/h5-23H2,1-4H3. The van der Waals surface area contributed by atoms with Crippen LogP contribution in [0.15, 0.2) is 0 Å². The summed E-state index contributed by atoms with van der Waals surface area (Å²) in [6, 6.07) is 0. The maximum Gasteiger partial charge on any atom is 0.305 e. The molecule has 0 radical (unpaired) electrons. The van der Waals surface area contributed by atoms with Gasteiger partial charge in [-0.05, 0) is 19.3 Å². The lowest BCUT2D eigenvalue weighted by Crippen LogP contribution is -2.25. The summed E-state index contributed by atoms with van der Waals surface area (Å²) in [4.78, 5) is 11.8. The van der Waals surface area contributed by atoms with Crippen molar-refractivity contribution in [3.8, 4) is 0 Å². The third kappa shape index (κ3) is 17.3. The van der Waals surface area contributed by atoms with Crippen LogP contribution in [0.5, 0.6) is 0 Å². The van der Waals surface area contributed by atoms with Gasteiger partial charge in [-0.2, -0.15) is 0 Å². The van der Waals surface area contributed by atoms with Crippen LogP contribution in [0, 0.1) is 5.41 Å². The van der Waals surface area contributed by atoms with Crippen LogP contribution in [0.4, 0.5) is 0 Å². The molecule has 0 bridgehead atoms. The number of hydrogen-bond acceptors (Lipinski definition) is 2. The van der Waals surface area contributed by atoms with E-state index in [1.807, 2.05) is 6.92 Å². The van der Waals surface area contributed by atoms with Gasteiger partial charge in [-0.3, -0.25) is 4.79 Å². The Hall–Kier alpha value is -0.530. The summed E-state index contributed by atoms with van der Waals surface area (Å²) in [7, 11) is 0. The summed E-state index contributed by atoms with van der Waals surface area (Å²) in [6.07, 6.45) is 22.8. The predicted octanol–water partition coefficient (Wildman–Crippen LogP) is 8.62. The molecule has 0 aromatic heterocycles. The van der Waals surface area contributed by atoms with Crippen LogP contribution in [0.1, 0.15) is 143 Å². The average molecular weight is 383 g/mol. The molecule has 2 nitrogen and oxygen atoms in total. The highest BCUT2D eigenvalue weighted by Crippen LogP contribution is 2.32. The van der Waals surface area contributed by atoms with Crippen molar-refractivity contribution in [3.05, 3.63) is 0 Å². The quantitative estimate of drug-likeness (QED) is 0.155. The summed E-state index contributed by atoms with van der Waals surface area (Å²) in [5.74, 6) is -0.0115. The molecule has 0 spiro atoms. The monoisotopic (exact) mass is 382 g/mol. The Balaban J connectivity index is 4.11. The first-order valence-electron chi connectivity index (χ1n) is 12.2. The Bertz CT molecular complexity index is 326. The van der Waals surface area contributed by atoms with Gasteiger partial charge in [-0.15, -0.1) is 0 Å². The number of carbonyl (C=O) groups is 1. The highest BCUT2D eigenvalue weighted by Gasteiger charge is 2.25. The zero-order valence-corrected chi connectivity index (χ0v) is 19.3. The highest BCUT2D eigenvalue weighted by atomic mass is 16.5. The zero-order chi connectivity index (χ0) is 20.2. The third-order valence-corrected chi connectivity index (χ3v) is 5.80. The highest BCUT2D eigenvalue weighted by molar-refractivity contribution is 5.69. The van der Waals surface area contributed by atoms with Crippen LogP contribution in [-0.4, -0.2) is 12.6 Å². The van der Waals surface area contributed by atoms with Crippen LogP contribution in [0.2, 0.25) is 0 Å². The van der Waals surface area contributed by atoms with Crippen LogP contribution in [0.3, 0.4) is 0 Å². The molecule has 0 aromatic carbocycles. The molecule has 0 aliphatic rings. The Morgan fingerprint density at radius 1 is 0.630 bits per heavy atom. The molecule has 0 heterocycles. The smallest absolute Gasteiger partial charge is 0.305 e. The van der Waals surface area contributed by atoms with Crippen LogP contribution in [0.25, 0.3) is 0 Å². The molecule has 2 heteroatoms. The molecule has 1 unspecified atom stereocenters. The molecule has 27 heavy (non-hydrogen) atoms. The second kappa shape index (κ2) is 18.8. The SMILES string of the molecule is CCCCCCCCCCC(C)(CCCCCCCC)COC(=O)CCC. The van der Waals surface area contributed by atoms with Gasteiger partial charge >= 0.3 is 5.97 Å². The lowest BCUT2D eigenvalue weighted by molar-refractivity contribution is -0.147. The maximum absolute atomic E-state index is 11.8. The number of rotatable bonds is 20. The molecule has 0 saturated heterocycles. The second-order valence-corrected chi connectivity index (χ2v) is 8.96. The number of ether oxygens (including phenoxy) is 1. The van der Waals surface area contributed by atoms with Gasteiger partial charge in [0, 0.05) is 11.8 Å². The average Bonchev–Trinajstić information content (AvgIpc) is 2.65. The van der Waals surface area contributed by atoms with E-state index in [1.54, 1.807) is 0 Å². The minimum atomic E-state index is -0.0115. The maximum atomic E-state index is 11.8. The molecule has 0 amide bonds. The number of esters is 1. The van der Waals surface area contributed by atoms with E-state index in [2.05, 4.69) is 20.8 Å². The summed E-state index contributed by atoms with van der Waals surface area (Å²) in [5, 5.41) is 0. The lowest BCUT2D eigenvalue weighted by Gasteiger charge is -2.29. The zero-order valence-electron chi connectivity index (χ0n) is 19.3. The van der Waals surface area contributed by atoms with Gasteiger partial charge in [0.15, 0.2) is 0 Å². The topological polar surface area (TPSA) is 26.3 Å². The van der Waals surface area contributed by atoms with E-state index in [4.69, 9.17) is 4.74 Å². The van der Waals surface area contributed by atoms with Crippen molar-refractivity contribution < 1.29 is 9.53 Å². The lowest BCUT2D eigenvalue weighted by atomic mass is 9.80. The van der Waals surface area contributed by atoms with Gasteiger partial charge in [0.05, 0.1) is 6.61 Å². The molecular formula is C25H50O2. The first-order chi connectivity index (χ1) is 13.1. The normalized spacial score (nSPS) is 13.5. The Morgan fingerprint density at radius 2 is 1.04 bits per heavy atom. The summed E-state index contributed by atoms with van der Waals surface area (Å²) in [6.45, 7) is 9.55. The van der Waals surface area contributed by atoms with Crippen LogP contribution in [-0.2, 0) is 9.53 Å². The van der Waals surface area contributed by atoms with E-state index in [-0.39, 0.29) is 11.4 Å². The summed E-state index contributed by atoms with van der Waals surface area (Å²) >= 11 is 0. The van der Waals surface area contributed by atoms with Crippen LogP contribution >= 0.6 is 0 Å². The van der Waals surface area contributed by atoms with Crippen molar-refractivity contribution in [1.29, 1.82) is 0 Å². The van der Waals surface area contributed by atoms with Gasteiger partial charge in [0.2, 0.25) is 0 Å². The molecular weight excluding hydrogens is 332 g/mol. The molecule has 0 saturated carbocycles. The fraction of sp³-hybridized carbons (Fsp3) is 0.960. The predicted molar refractivity (Wildman–Crippen MR) is 119 cm³/mol. The minimum absolute atomic E-state index is 0.0115. The Kier molecular flexibility index (Phi) is 18.4. The van der Waals surface area contributed by atoms with Crippen molar-refractivity contribution in [1.82, 2.24) is 0 Å². The van der Waals surface area contributed by atoms with Crippen molar-refractivity contribution in [2.24, 2.45) is 5.41 Å². The number of carbonyl (C=O) groups excluding carboxylic acids is 1. The molecule has 0 aliphatic heterocycles. The van der Waals surface area contributed by atoms with Gasteiger partial charge in [-0.25, -0.2) is 0 Å². The van der Waals surface area contributed by atoms with E-state index < -0.39 is 0 Å². The molecule has 0 aliphatic carbocycles. The molecule has 0 aromatic rings. The van der Waals surface area contributed by atoms with Gasteiger partial charge in [0.1, 0.15) is 0 Å². The minimum Gasteiger partial charge on any atom is -0.465 e. The fourth-order valence-electron chi connectivity index (χ4n) is 3.82. The van der Waals surface area contributed by atoms with Crippen LogP contribution < -0.4 is 0 Å². The molecule has 0 rings (SSSR count). The second-order valence-electron chi connectivity index (χ2n) is 8.96. The fourth-order valence-corrected chi connectivity index (χ4v) is 3.82. The molecule has 0 N–H and O–H groups in total. The Morgan fingerprint density at radius 3 is 1.44 bits per heavy atom. The first kappa shape index (κ1) is 26.5. The summed E-state index contributed by atoms with van der Waals surface area (Å²) in [5.41, 5.74) is 0.177. The van der Waals surface area contributed by atoms with Crippen molar-refractivity contribution in [2.75, 3.05) is 6.61 Å². The largest absolute Gasteiger partial charge is 0.465 e. The van der Waals surface area contributed by atoms with Crippen molar-refractivity contribution >= 4 is 5.97 Å². The summed E-state index contributed by atoms with van der Waals surface area (Å²) < 4.78 is 5.63. The van der Waals surface area contributed by atoms with E-state index >= 15 is 0 Å². The molecule has 0 fully saturated rings. The van der Waals surface area contributed by atoms with E-state index in [9.17, 15) is 4.79 Å². The third-order valence-electron chi connectivity index (χ3n) is 5.80. The molecule has 162 valence electrons. The van der Waals surface area contributed by atoms with E-state index in [0.29, 0.717) is 13.0 Å². The first-order valence-corrected chi connectivity index (χ1v) is 12.2. The number of unbranched alkanes of at least 4 members (excludes halogenated alkanes) is 12. The van der Waals surface area contributed by atoms with E-state index in [1.165, 1.54) is 103 Å².